The molecule has 0 fully saturated rings. The van der Waals surface area contributed by atoms with Gasteiger partial charge in [0, 0.05) is 5.69 Å². The quantitative estimate of drug-likeness (QED) is 0.821. The normalized spacial score (nSPS) is 12.4. The molecule has 108 valence electrons. The van der Waals surface area contributed by atoms with Crippen LogP contribution in [0.2, 0.25) is 0 Å². The topological polar surface area (TPSA) is 82.3 Å². The second-order valence-electron chi connectivity index (χ2n) is 3.77. The Kier molecular flexibility index (Phi) is 4.94. The summed E-state index contributed by atoms with van der Waals surface area (Å²) in [7, 11) is 1.09. The Hall–Kier alpha value is -2.27. The maximum absolute atomic E-state index is 12.7. The Bertz CT molecular complexity index is 538. The summed E-state index contributed by atoms with van der Waals surface area (Å²) in [6.07, 6.45) is -4.69. The van der Waals surface area contributed by atoms with Gasteiger partial charge in [0.15, 0.2) is 0 Å². The number of rotatable bonds is 4. The molecular weight excluding hydrogens is 277 g/mol. The van der Waals surface area contributed by atoms with E-state index in [2.05, 4.69) is 10.1 Å². The zero-order valence-corrected chi connectivity index (χ0v) is 10.4. The molecule has 1 aromatic rings. The number of nitrogens with one attached hydrogen (secondary N) is 1. The van der Waals surface area contributed by atoms with Crippen molar-refractivity contribution >= 4 is 11.7 Å². The van der Waals surface area contributed by atoms with E-state index in [4.69, 9.17) is 10.4 Å². The number of alkyl halides is 3. The van der Waals surface area contributed by atoms with E-state index in [1.807, 2.05) is 0 Å². The van der Waals surface area contributed by atoms with Crippen LogP contribution in [0, 0.1) is 11.3 Å². The number of hydrogen-bond acceptors (Lipinski definition) is 5. The number of halogens is 3. The number of nitriles is 1. The van der Waals surface area contributed by atoms with Crippen LogP contribution < -0.4 is 5.32 Å². The van der Waals surface area contributed by atoms with Crippen LogP contribution in [0.1, 0.15) is 11.1 Å². The molecule has 20 heavy (non-hydrogen) atoms. The molecule has 0 saturated heterocycles. The average Bonchev–Trinajstić information content (AvgIpc) is 2.42. The molecule has 0 aliphatic rings. The van der Waals surface area contributed by atoms with Crippen LogP contribution in [0.25, 0.3) is 0 Å². The second kappa shape index (κ2) is 6.25. The number of ether oxygens (including phenoxy) is 1. The predicted octanol–water partition coefficient (Wildman–Crippen LogP) is 1.52. The highest BCUT2D eigenvalue weighted by Crippen LogP contribution is 2.33. The molecule has 0 spiro atoms. The Balaban J connectivity index is 3.10. The number of esters is 1. The van der Waals surface area contributed by atoms with Crippen molar-refractivity contribution in [3.8, 4) is 6.07 Å². The molecular formula is C12H11F3N2O3. The lowest BCUT2D eigenvalue weighted by atomic mass is 10.1. The summed E-state index contributed by atoms with van der Waals surface area (Å²) < 4.78 is 42.6. The lowest BCUT2D eigenvalue weighted by Gasteiger charge is -2.17. The largest absolute Gasteiger partial charge is 0.467 e. The summed E-state index contributed by atoms with van der Waals surface area (Å²) in [6, 6.07) is 3.14. The van der Waals surface area contributed by atoms with Gasteiger partial charge in [0.25, 0.3) is 0 Å². The first-order valence-electron chi connectivity index (χ1n) is 5.40. The second-order valence-corrected chi connectivity index (χ2v) is 3.77. The van der Waals surface area contributed by atoms with E-state index in [1.54, 1.807) is 0 Å². The van der Waals surface area contributed by atoms with Crippen molar-refractivity contribution in [1.82, 2.24) is 0 Å². The number of carbonyl (C=O) groups is 1. The highest BCUT2D eigenvalue weighted by molar-refractivity contribution is 5.79. The highest BCUT2D eigenvalue weighted by atomic mass is 19.4. The van der Waals surface area contributed by atoms with Gasteiger partial charge in [-0.25, -0.2) is 4.79 Å². The summed E-state index contributed by atoms with van der Waals surface area (Å²) in [6.45, 7) is -0.645. The lowest BCUT2D eigenvalue weighted by Crippen LogP contribution is -2.34. The molecule has 5 nitrogen and oxygen atoms in total. The van der Waals surface area contributed by atoms with Crippen molar-refractivity contribution < 1.29 is 27.8 Å². The van der Waals surface area contributed by atoms with Gasteiger partial charge >= 0.3 is 12.1 Å². The summed E-state index contributed by atoms with van der Waals surface area (Å²) in [5.74, 6) is -0.814. The molecule has 0 saturated carbocycles. The Morgan fingerprint density at radius 2 is 2.20 bits per heavy atom. The van der Waals surface area contributed by atoms with Crippen LogP contribution in [0.15, 0.2) is 18.2 Å². The first-order valence-corrected chi connectivity index (χ1v) is 5.40. The van der Waals surface area contributed by atoms with E-state index in [0.29, 0.717) is 6.07 Å². The van der Waals surface area contributed by atoms with Gasteiger partial charge in [0.05, 0.1) is 30.9 Å². The number of anilines is 1. The van der Waals surface area contributed by atoms with Crippen LogP contribution in [0.3, 0.4) is 0 Å². The lowest BCUT2D eigenvalue weighted by molar-refractivity contribution is -0.142. The summed E-state index contributed by atoms with van der Waals surface area (Å²) in [4.78, 5) is 11.2. The molecule has 1 unspecified atom stereocenters. The standard InChI is InChI=1S/C12H11F3N2O3/c1-20-11(19)10(6-18)17-8-3-2-7(5-16)9(4-8)12(13,14)15/h2-4,10,17-18H,6H2,1H3. The number of carbonyl (C=O) groups excluding carboxylic acids is 1. The minimum Gasteiger partial charge on any atom is -0.467 e. The first-order chi connectivity index (χ1) is 9.33. The molecule has 0 aliphatic heterocycles. The summed E-state index contributed by atoms with van der Waals surface area (Å²) >= 11 is 0. The van der Waals surface area contributed by atoms with Crippen molar-refractivity contribution in [2.45, 2.75) is 12.2 Å². The van der Waals surface area contributed by atoms with Crippen LogP contribution in [-0.4, -0.2) is 30.8 Å². The van der Waals surface area contributed by atoms with Crippen LogP contribution in [-0.2, 0) is 15.7 Å². The van der Waals surface area contributed by atoms with E-state index in [1.165, 1.54) is 12.1 Å². The van der Waals surface area contributed by atoms with E-state index < -0.39 is 35.9 Å². The molecule has 0 bridgehead atoms. The van der Waals surface area contributed by atoms with Gasteiger partial charge < -0.3 is 15.2 Å². The zero-order valence-electron chi connectivity index (χ0n) is 10.4. The van der Waals surface area contributed by atoms with Gasteiger partial charge in [-0.05, 0) is 18.2 Å². The number of methoxy groups -OCH3 is 1. The molecule has 0 amide bonds. The molecule has 1 rings (SSSR count). The van der Waals surface area contributed by atoms with Gasteiger partial charge in [-0.3, -0.25) is 0 Å². The highest BCUT2D eigenvalue weighted by Gasteiger charge is 2.34. The Labute approximate surface area is 112 Å². The van der Waals surface area contributed by atoms with Gasteiger partial charge in [-0.2, -0.15) is 18.4 Å². The Morgan fingerprint density at radius 1 is 1.55 bits per heavy atom. The molecule has 1 atom stereocenters. The van der Waals surface area contributed by atoms with E-state index in [0.717, 1.165) is 13.2 Å². The molecule has 0 heterocycles. The fourth-order valence-electron chi connectivity index (χ4n) is 1.49. The molecule has 1 aromatic carbocycles. The minimum absolute atomic E-state index is 0.0548. The van der Waals surface area contributed by atoms with Gasteiger partial charge in [-0.1, -0.05) is 0 Å². The maximum atomic E-state index is 12.7. The van der Waals surface area contributed by atoms with Crippen LogP contribution in [0.5, 0.6) is 0 Å². The smallest absolute Gasteiger partial charge is 0.417 e. The number of aliphatic hydroxyl groups is 1. The van der Waals surface area contributed by atoms with E-state index in [9.17, 15) is 18.0 Å². The third kappa shape index (κ3) is 3.61. The van der Waals surface area contributed by atoms with Gasteiger partial charge in [0.2, 0.25) is 0 Å². The fraction of sp³-hybridized carbons (Fsp3) is 0.333. The third-order valence-electron chi connectivity index (χ3n) is 2.45. The predicted molar refractivity (Wildman–Crippen MR) is 62.7 cm³/mol. The zero-order chi connectivity index (χ0) is 15.3. The first kappa shape index (κ1) is 15.8. The number of hydrogen-bond donors (Lipinski definition) is 2. The van der Waals surface area contributed by atoms with Crippen molar-refractivity contribution in [3.63, 3.8) is 0 Å². The summed E-state index contributed by atoms with van der Waals surface area (Å²) in [5.41, 5.74) is -1.70. The molecule has 0 aromatic heterocycles. The molecule has 8 heteroatoms. The van der Waals surface area contributed by atoms with Crippen LogP contribution in [0.4, 0.5) is 18.9 Å². The maximum Gasteiger partial charge on any atom is 0.417 e. The summed E-state index contributed by atoms with van der Waals surface area (Å²) in [5, 5.41) is 20.0. The molecule has 0 aliphatic carbocycles. The number of nitrogens with zero attached hydrogens (tertiary/aromatic N) is 1. The van der Waals surface area contributed by atoms with Gasteiger partial charge in [-0.15, -0.1) is 0 Å². The van der Waals surface area contributed by atoms with E-state index >= 15 is 0 Å². The molecule has 2 N–H and O–H groups in total. The minimum atomic E-state index is -4.69. The van der Waals surface area contributed by atoms with Gasteiger partial charge in [0.1, 0.15) is 6.04 Å². The van der Waals surface area contributed by atoms with Crippen molar-refractivity contribution in [3.05, 3.63) is 29.3 Å². The average molecular weight is 288 g/mol. The van der Waals surface area contributed by atoms with E-state index in [-0.39, 0.29) is 5.69 Å². The number of benzene rings is 1. The number of aliphatic hydroxyl groups excluding tert-OH is 1. The fourth-order valence-corrected chi connectivity index (χ4v) is 1.49. The molecule has 0 radical (unpaired) electrons. The van der Waals surface area contributed by atoms with Crippen molar-refractivity contribution in [2.24, 2.45) is 0 Å². The van der Waals surface area contributed by atoms with Crippen LogP contribution >= 0.6 is 0 Å². The monoisotopic (exact) mass is 288 g/mol. The SMILES string of the molecule is COC(=O)C(CO)Nc1ccc(C#N)c(C(F)(F)F)c1. The van der Waals surface area contributed by atoms with Crippen molar-refractivity contribution in [1.29, 1.82) is 5.26 Å². The van der Waals surface area contributed by atoms with Crippen molar-refractivity contribution in [2.75, 3.05) is 19.0 Å². The third-order valence-corrected chi connectivity index (χ3v) is 2.45. The Morgan fingerprint density at radius 3 is 2.65 bits per heavy atom.